The molecule has 2 aromatic heterocycles. The molecule has 0 unspecified atom stereocenters. The van der Waals surface area contributed by atoms with Crippen molar-refractivity contribution < 1.29 is 4.79 Å². The topological polar surface area (TPSA) is 54.9 Å². The van der Waals surface area contributed by atoms with E-state index in [1.54, 1.807) is 13.1 Å². The van der Waals surface area contributed by atoms with Crippen LogP contribution in [-0.4, -0.2) is 15.1 Å². The van der Waals surface area contributed by atoms with Gasteiger partial charge >= 0.3 is 0 Å². The molecule has 0 saturated carbocycles. The number of anilines is 2. The van der Waals surface area contributed by atoms with E-state index in [0.29, 0.717) is 5.56 Å². The lowest BCUT2D eigenvalue weighted by atomic mass is 10.1. The summed E-state index contributed by atoms with van der Waals surface area (Å²) in [5.41, 5.74) is 3.28. The Hall–Kier alpha value is -2.27. The molecule has 20 heavy (non-hydrogen) atoms. The first-order valence-electron chi connectivity index (χ1n) is 6.25. The molecule has 0 aliphatic carbocycles. The maximum atomic E-state index is 11.7. The monoisotopic (exact) mass is 283 g/mol. The third kappa shape index (κ3) is 2.16. The fraction of sp³-hybridized carbons (Fsp3) is 0.133. The summed E-state index contributed by atoms with van der Waals surface area (Å²) in [6.45, 7) is 3.41. The van der Waals surface area contributed by atoms with Crippen LogP contribution < -0.4 is 5.32 Å². The fourth-order valence-electron chi connectivity index (χ4n) is 2.20. The van der Waals surface area contributed by atoms with E-state index in [0.717, 1.165) is 27.3 Å². The molecule has 0 atom stereocenters. The molecule has 0 aliphatic rings. The lowest BCUT2D eigenvalue weighted by Crippen LogP contribution is -1.99. The molecule has 0 radical (unpaired) electrons. The zero-order chi connectivity index (χ0) is 14.1. The van der Waals surface area contributed by atoms with Gasteiger partial charge in [0, 0.05) is 17.3 Å². The molecule has 4 nitrogen and oxygen atoms in total. The number of aryl methyl sites for hydroxylation is 1. The van der Waals surface area contributed by atoms with Crippen LogP contribution in [0.15, 0.2) is 36.5 Å². The van der Waals surface area contributed by atoms with Crippen LogP contribution in [-0.2, 0) is 0 Å². The minimum absolute atomic E-state index is 0.0251. The summed E-state index contributed by atoms with van der Waals surface area (Å²) < 4.78 is 4.26. The molecule has 1 N–H and O–H groups in total. The van der Waals surface area contributed by atoms with Crippen molar-refractivity contribution in [3.05, 3.63) is 47.8 Å². The summed E-state index contributed by atoms with van der Waals surface area (Å²) in [4.78, 5) is 16.0. The SMILES string of the molecule is CC(=O)c1c(C)nsc1Nc1cccc2ncccc12. The van der Waals surface area contributed by atoms with Crippen molar-refractivity contribution in [2.45, 2.75) is 13.8 Å². The van der Waals surface area contributed by atoms with E-state index in [9.17, 15) is 4.79 Å². The van der Waals surface area contributed by atoms with Crippen molar-refractivity contribution >= 4 is 38.9 Å². The molecule has 0 saturated heterocycles. The smallest absolute Gasteiger partial charge is 0.164 e. The number of fused-ring (bicyclic) bond motifs is 1. The van der Waals surface area contributed by atoms with Gasteiger partial charge in [0.05, 0.1) is 16.8 Å². The number of carbonyl (C=O) groups is 1. The molecular formula is C15H13N3OS. The van der Waals surface area contributed by atoms with Crippen LogP contribution in [0.25, 0.3) is 10.9 Å². The zero-order valence-corrected chi connectivity index (χ0v) is 12.0. The van der Waals surface area contributed by atoms with E-state index in [2.05, 4.69) is 14.7 Å². The molecule has 2 heterocycles. The van der Waals surface area contributed by atoms with Gasteiger partial charge in [0.2, 0.25) is 0 Å². The zero-order valence-electron chi connectivity index (χ0n) is 11.2. The number of Topliss-reactive ketones (excluding diaryl/α,β-unsaturated/α-hetero) is 1. The molecule has 3 aromatic rings. The van der Waals surface area contributed by atoms with Gasteiger partial charge in [-0.2, -0.15) is 4.37 Å². The first kappa shape index (κ1) is 12.7. The maximum Gasteiger partial charge on any atom is 0.164 e. The van der Waals surface area contributed by atoms with Crippen molar-refractivity contribution in [3.8, 4) is 0 Å². The number of aromatic nitrogens is 2. The molecule has 1 aromatic carbocycles. The first-order chi connectivity index (χ1) is 9.66. The lowest BCUT2D eigenvalue weighted by Gasteiger charge is -2.08. The van der Waals surface area contributed by atoms with Crippen LogP contribution >= 0.6 is 11.5 Å². The second kappa shape index (κ2) is 5.02. The van der Waals surface area contributed by atoms with Crippen LogP contribution in [0.4, 0.5) is 10.7 Å². The predicted octanol–water partition coefficient (Wildman–Crippen LogP) is 3.95. The fourth-order valence-corrected chi connectivity index (χ4v) is 3.06. The van der Waals surface area contributed by atoms with Crippen LogP contribution in [0, 0.1) is 6.92 Å². The third-order valence-corrected chi connectivity index (χ3v) is 3.96. The lowest BCUT2D eigenvalue weighted by molar-refractivity contribution is 0.101. The average Bonchev–Trinajstić information content (AvgIpc) is 2.80. The Bertz CT molecular complexity index is 789. The van der Waals surface area contributed by atoms with E-state index in [1.165, 1.54) is 11.5 Å². The van der Waals surface area contributed by atoms with Gasteiger partial charge in [0.1, 0.15) is 5.00 Å². The van der Waals surface area contributed by atoms with Crippen LogP contribution in [0.2, 0.25) is 0 Å². The van der Waals surface area contributed by atoms with Crippen LogP contribution in [0.5, 0.6) is 0 Å². The van der Waals surface area contributed by atoms with E-state index in [1.807, 2.05) is 37.3 Å². The van der Waals surface area contributed by atoms with Crippen molar-refractivity contribution in [1.29, 1.82) is 0 Å². The van der Waals surface area contributed by atoms with Crippen LogP contribution in [0.1, 0.15) is 23.0 Å². The predicted molar refractivity (Wildman–Crippen MR) is 81.9 cm³/mol. The summed E-state index contributed by atoms with van der Waals surface area (Å²) in [7, 11) is 0. The number of ketones is 1. The van der Waals surface area contributed by atoms with Crippen LogP contribution in [0.3, 0.4) is 0 Å². The van der Waals surface area contributed by atoms with Gasteiger partial charge in [-0.3, -0.25) is 9.78 Å². The number of benzene rings is 1. The molecule has 0 spiro atoms. The normalized spacial score (nSPS) is 10.7. The molecule has 0 fully saturated rings. The summed E-state index contributed by atoms with van der Waals surface area (Å²) in [6.07, 6.45) is 1.77. The first-order valence-corrected chi connectivity index (χ1v) is 7.02. The Morgan fingerprint density at radius 1 is 1.25 bits per heavy atom. The molecule has 0 bridgehead atoms. The number of carbonyl (C=O) groups excluding carboxylic acids is 1. The third-order valence-electron chi connectivity index (χ3n) is 3.11. The maximum absolute atomic E-state index is 11.7. The average molecular weight is 283 g/mol. The second-order valence-electron chi connectivity index (χ2n) is 4.53. The minimum atomic E-state index is 0.0251. The number of hydrogen-bond donors (Lipinski definition) is 1. The van der Waals surface area contributed by atoms with Crippen molar-refractivity contribution in [2.24, 2.45) is 0 Å². The van der Waals surface area contributed by atoms with Gasteiger partial charge in [-0.05, 0) is 49.6 Å². The van der Waals surface area contributed by atoms with Gasteiger partial charge in [0.15, 0.2) is 5.78 Å². The Balaban J connectivity index is 2.08. The largest absolute Gasteiger partial charge is 0.345 e. The van der Waals surface area contributed by atoms with Gasteiger partial charge < -0.3 is 5.32 Å². The Labute approximate surface area is 120 Å². The standard InChI is InChI=1S/C15H13N3OS/c1-9-14(10(2)19)15(20-18-9)17-13-7-3-6-12-11(13)5-4-8-16-12/h3-8,17H,1-2H3. The summed E-state index contributed by atoms with van der Waals surface area (Å²) in [5, 5.41) is 5.12. The highest BCUT2D eigenvalue weighted by atomic mass is 32.1. The molecule has 5 heteroatoms. The van der Waals surface area contributed by atoms with E-state index in [4.69, 9.17) is 0 Å². The van der Waals surface area contributed by atoms with E-state index in [-0.39, 0.29) is 5.78 Å². The number of nitrogens with zero attached hydrogens (tertiary/aromatic N) is 2. The van der Waals surface area contributed by atoms with Crippen molar-refractivity contribution in [2.75, 3.05) is 5.32 Å². The Kier molecular flexibility index (Phi) is 3.20. The van der Waals surface area contributed by atoms with Gasteiger partial charge in [-0.1, -0.05) is 6.07 Å². The molecule has 100 valence electrons. The molecule has 0 aliphatic heterocycles. The Morgan fingerprint density at radius 3 is 2.90 bits per heavy atom. The van der Waals surface area contributed by atoms with Gasteiger partial charge in [-0.15, -0.1) is 0 Å². The van der Waals surface area contributed by atoms with Gasteiger partial charge in [0.25, 0.3) is 0 Å². The van der Waals surface area contributed by atoms with E-state index >= 15 is 0 Å². The van der Waals surface area contributed by atoms with E-state index < -0.39 is 0 Å². The Morgan fingerprint density at radius 2 is 2.10 bits per heavy atom. The van der Waals surface area contributed by atoms with Crippen molar-refractivity contribution in [1.82, 2.24) is 9.36 Å². The number of pyridine rings is 1. The minimum Gasteiger partial charge on any atom is -0.345 e. The molecular weight excluding hydrogens is 270 g/mol. The highest BCUT2D eigenvalue weighted by Crippen LogP contribution is 2.31. The number of rotatable bonds is 3. The highest BCUT2D eigenvalue weighted by molar-refractivity contribution is 7.10. The quantitative estimate of drug-likeness (QED) is 0.740. The number of hydrogen-bond acceptors (Lipinski definition) is 5. The summed E-state index contributed by atoms with van der Waals surface area (Å²) in [5.74, 6) is 0.0251. The van der Waals surface area contributed by atoms with Gasteiger partial charge in [-0.25, -0.2) is 0 Å². The second-order valence-corrected chi connectivity index (χ2v) is 5.30. The summed E-state index contributed by atoms with van der Waals surface area (Å²) in [6, 6.07) is 9.79. The molecule has 0 amide bonds. The summed E-state index contributed by atoms with van der Waals surface area (Å²) >= 11 is 1.31. The highest BCUT2D eigenvalue weighted by Gasteiger charge is 2.15. The van der Waals surface area contributed by atoms with Crippen molar-refractivity contribution in [3.63, 3.8) is 0 Å². The number of nitrogens with one attached hydrogen (secondary N) is 1. The molecule has 3 rings (SSSR count).